The molecule has 0 aliphatic heterocycles. The highest BCUT2D eigenvalue weighted by Gasteiger charge is 2.31. The van der Waals surface area contributed by atoms with Gasteiger partial charge in [-0.05, 0) is 36.4 Å². The van der Waals surface area contributed by atoms with Crippen molar-refractivity contribution in [2.45, 2.75) is 18.8 Å². The van der Waals surface area contributed by atoms with E-state index >= 15 is 0 Å². The van der Waals surface area contributed by atoms with Crippen LogP contribution >= 0.6 is 11.6 Å². The number of anilines is 1. The lowest BCUT2D eigenvalue weighted by molar-refractivity contribution is -0.153. The SMILES string of the molecule is COc1ccccc1-c1c(CC(=O)Nc2c(OCC(F)(F)F)cccc2OCC(F)(F)F)c(=O)oc2ccc(Cl)cc12. The zero-order valence-electron chi connectivity index (χ0n) is 21.5. The molecule has 1 N–H and O–H groups in total. The fourth-order valence-corrected chi connectivity index (χ4v) is 4.24. The molecule has 14 heteroatoms. The number of benzene rings is 3. The van der Waals surface area contributed by atoms with Crippen LogP contribution in [0.1, 0.15) is 5.56 Å². The molecule has 222 valence electrons. The maximum Gasteiger partial charge on any atom is 0.422 e. The molecule has 0 atom stereocenters. The summed E-state index contributed by atoms with van der Waals surface area (Å²) >= 11 is 6.20. The van der Waals surface area contributed by atoms with E-state index in [-0.39, 0.29) is 21.7 Å². The third-order valence-corrected chi connectivity index (χ3v) is 5.95. The number of halogens is 7. The number of nitrogens with one attached hydrogen (secondary N) is 1. The summed E-state index contributed by atoms with van der Waals surface area (Å²) < 4.78 is 97.3. The average molecular weight is 616 g/mol. The van der Waals surface area contributed by atoms with Crippen molar-refractivity contribution < 1.29 is 49.8 Å². The van der Waals surface area contributed by atoms with Crippen LogP contribution in [0, 0.1) is 0 Å². The van der Waals surface area contributed by atoms with Gasteiger partial charge in [0, 0.05) is 21.5 Å². The largest absolute Gasteiger partial charge is 0.496 e. The van der Waals surface area contributed by atoms with Crippen LogP contribution in [0.25, 0.3) is 22.1 Å². The minimum absolute atomic E-state index is 0.142. The molecule has 1 heterocycles. The number of hydrogen-bond acceptors (Lipinski definition) is 6. The summed E-state index contributed by atoms with van der Waals surface area (Å²) in [5, 5.41) is 2.86. The molecule has 0 fully saturated rings. The predicted octanol–water partition coefficient (Wildman–Crippen LogP) is 7.19. The number of rotatable bonds is 9. The zero-order chi connectivity index (χ0) is 30.7. The topological polar surface area (TPSA) is 87.0 Å². The second-order valence-electron chi connectivity index (χ2n) is 8.75. The van der Waals surface area contributed by atoms with Crippen LogP contribution in [0.2, 0.25) is 5.02 Å². The smallest absolute Gasteiger partial charge is 0.422 e. The Hall–Kier alpha value is -4.39. The Bertz CT molecular complexity index is 1630. The predicted molar refractivity (Wildman–Crippen MR) is 141 cm³/mol. The van der Waals surface area contributed by atoms with Crippen molar-refractivity contribution in [1.29, 1.82) is 0 Å². The van der Waals surface area contributed by atoms with Gasteiger partial charge < -0.3 is 23.9 Å². The summed E-state index contributed by atoms with van der Waals surface area (Å²) in [5.74, 6) is -1.88. The third kappa shape index (κ3) is 7.46. The van der Waals surface area contributed by atoms with Crippen molar-refractivity contribution in [2.24, 2.45) is 0 Å². The molecule has 1 amide bonds. The molecule has 0 spiro atoms. The van der Waals surface area contributed by atoms with Crippen LogP contribution in [-0.4, -0.2) is 38.6 Å². The van der Waals surface area contributed by atoms with Gasteiger partial charge in [-0.1, -0.05) is 35.9 Å². The minimum atomic E-state index is -4.79. The van der Waals surface area contributed by atoms with Gasteiger partial charge in [-0.15, -0.1) is 0 Å². The van der Waals surface area contributed by atoms with Gasteiger partial charge >= 0.3 is 18.0 Å². The minimum Gasteiger partial charge on any atom is -0.496 e. The normalized spacial score (nSPS) is 11.8. The van der Waals surface area contributed by atoms with Crippen LogP contribution in [0.3, 0.4) is 0 Å². The van der Waals surface area contributed by atoms with Crippen molar-refractivity contribution in [3.8, 4) is 28.4 Å². The Morgan fingerprint density at radius 3 is 2.07 bits per heavy atom. The molecule has 0 saturated carbocycles. The fourth-order valence-electron chi connectivity index (χ4n) is 4.07. The van der Waals surface area contributed by atoms with E-state index in [1.165, 1.54) is 25.3 Å². The van der Waals surface area contributed by atoms with E-state index in [0.29, 0.717) is 16.7 Å². The molecular weight excluding hydrogens is 596 g/mol. The first-order valence-corrected chi connectivity index (χ1v) is 12.3. The summed E-state index contributed by atoms with van der Waals surface area (Å²) in [7, 11) is 1.40. The van der Waals surface area contributed by atoms with E-state index in [9.17, 15) is 35.9 Å². The number of methoxy groups -OCH3 is 1. The number of alkyl halides is 6. The van der Waals surface area contributed by atoms with E-state index < -0.39 is 60.7 Å². The highest BCUT2D eigenvalue weighted by Crippen LogP contribution is 2.39. The van der Waals surface area contributed by atoms with Crippen LogP contribution < -0.4 is 25.2 Å². The number of fused-ring (bicyclic) bond motifs is 1. The van der Waals surface area contributed by atoms with Crippen molar-refractivity contribution in [2.75, 3.05) is 25.6 Å². The molecule has 0 aliphatic carbocycles. The number of carbonyl (C=O) groups excluding carboxylic acids is 1. The molecule has 0 radical (unpaired) electrons. The third-order valence-electron chi connectivity index (χ3n) is 5.71. The summed E-state index contributed by atoms with van der Waals surface area (Å²) in [4.78, 5) is 26.4. The molecule has 7 nitrogen and oxygen atoms in total. The number of amides is 1. The van der Waals surface area contributed by atoms with Gasteiger partial charge in [-0.25, -0.2) is 4.79 Å². The van der Waals surface area contributed by atoms with E-state index in [0.717, 1.165) is 18.2 Å². The number of para-hydroxylation sites is 2. The van der Waals surface area contributed by atoms with E-state index in [1.54, 1.807) is 24.3 Å². The Labute approximate surface area is 238 Å². The van der Waals surface area contributed by atoms with Gasteiger partial charge in [0.1, 0.15) is 28.5 Å². The standard InChI is InChI=1S/C28H20ClF6NO6/c1-39-19-6-3-2-5-16(19)24-17-11-15(29)9-10-20(17)42-26(38)18(24)12-23(37)36-25-21(40-13-27(30,31)32)7-4-8-22(25)41-14-28(33,34)35/h2-11H,12-14H2,1H3,(H,36,37). The van der Waals surface area contributed by atoms with Gasteiger partial charge in [-0.3, -0.25) is 4.79 Å². The first-order chi connectivity index (χ1) is 19.8. The zero-order valence-corrected chi connectivity index (χ0v) is 22.2. The second-order valence-corrected chi connectivity index (χ2v) is 9.18. The van der Waals surface area contributed by atoms with Gasteiger partial charge in [0.25, 0.3) is 0 Å². The van der Waals surface area contributed by atoms with Crippen molar-refractivity contribution in [3.63, 3.8) is 0 Å². The summed E-state index contributed by atoms with van der Waals surface area (Å²) in [6.45, 7) is -3.60. The van der Waals surface area contributed by atoms with Crippen molar-refractivity contribution in [3.05, 3.63) is 81.7 Å². The lowest BCUT2D eigenvalue weighted by Gasteiger charge is -2.19. The molecule has 4 rings (SSSR count). The lowest BCUT2D eigenvalue weighted by atomic mass is 9.94. The van der Waals surface area contributed by atoms with E-state index in [2.05, 4.69) is 5.32 Å². The molecule has 4 aromatic rings. The molecule has 1 aromatic heterocycles. The van der Waals surface area contributed by atoms with Crippen LogP contribution in [0.15, 0.2) is 69.9 Å². The first-order valence-electron chi connectivity index (χ1n) is 12.0. The van der Waals surface area contributed by atoms with E-state index in [4.69, 9.17) is 30.2 Å². The van der Waals surface area contributed by atoms with Crippen LogP contribution in [-0.2, 0) is 11.2 Å². The van der Waals surface area contributed by atoms with Crippen molar-refractivity contribution >= 4 is 34.2 Å². The maximum absolute atomic E-state index is 13.3. The Morgan fingerprint density at radius 1 is 0.881 bits per heavy atom. The quantitative estimate of drug-likeness (QED) is 0.159. The molecule has 0 saturated heterocycles. The second kappa shape index (κ2) is 12.2. The first kappa shape index (κ1) is 30.6. The highest BCUT2D eigenvalue weighted by atomic mass is 35.5. The highest BCUT2D eigenvalue weighted by molar-refractivity contribution is 6.31. The fraction of sp³-hybridized carbons (Fsp3) is 0.214. The van der Waals surface area contributed by atoms with Crippen LogP contribution in [0.5, 0.6) is 17.2 Å². The molecule has 0 unspecified atom stereocenters. The summed E-state index contributed by atoms with van der Waals surface area (Å²) in [6, 6.07) is 14.1. The van der Waals surface area contributed by atoms with Gasteiger partial charge in [0.05, 0.1) is 19.1 Å². The van der Waals surface area contributed by atoms with Gasteiger partial charge in [-0.2, -0.15) is 26.3 Å². The monoisotopic (exact) mass is 615 g/mol. The molecule has 0 bridgehead atoms. The maximum atomic E-state index is 13.3. The molecular formula is C28H20ClF6NO6. The number of hydrogen-bond donors (Lipinski definition) is 1. The van der Waals surface area contributed by atoms with Crippen molar-refractivity contribution in [1.82, 2.24) is 0 Å². The number of carbonyl (C=O) groups is 1. The molecule has 3 aromatic carbocycles. The Balaban J connectivity index is 1.79. The lowest BCUT2D eigenvalue weighted by Crippen LogP contribution is -2.24. The van der Waals surface area contributed by atoms with Gasteiger partial charge in [0.15, 0.2) is 13.2 Å². The average Bonchev–Trinajstić information content (AvgIpc) is 2.91. The number of ether oxygens (including phenoxy) is 3. The summed E-state index contributed by atoms with van der Waals surface area (Å²) in [6.07, 6.45) is -10.3. The van der Waals surface area contributed by atoms with E-state index in [1.807, 2.05) is 0 Å². The van der Waals surface area contributed by atoms with Crippen LogP contribution in [0.4, 0.5) is 32.0 Å². The Morgan fingerprint density at radius 2 is 1.48 bits per heavy atom. The van der Waals surface area contributed by atoms with Gasteiger partial charge in [0.2, 0.25) is 5.91 Å². The molecule has 42 heavy (non-hydrogen) atoms. The Kier molecular flexibility index (Phi) is 8.90. The summed E-state index contributed by atoms with van der Waals surface area (Å²) in [5.41, 5.74) is -0.932. The molecule has 0 aliphatic rings.